The van der Waals surface area contributed by atoms with Crippen LogP contribution in [0.2, 0.25) is 0 Å². The molecule has 2 aromatic carbocycles. The average Bonchev–Trinajstić information content (AvgIpc) is 2.59. The molecule has 0 spiro atoms. The lowest BCUT2D eigenvalue weighted by Crippen LogP contribution is -2.13. The van der Waals surface area contributed by atoms with Crippen LogP contribution in [0, 0.1) is 10.1 Å². The number of para-hydroxylation sites is 1. The summed E-state index contributed by atoms with van der Waals surface area (Å²) in [4.78, 5) is 22.2. The summed E-state index contributed by atoms with van der Waals surface area (Å²) in [5.41, 5.74) is 4.19. The van der Waals surface area contributed by atoms with Gasteiger partial charge in [0.1, 0.15) is 5.58 Å². The monoisotopic (exact) mass is 323 g/mol. The first-order chi connectivity index (χ1) is 11.5. The molecular formula is C17H13N3O4. The van der Waals surface area contributed by atoms with Crippen molar-refractivity contribution in [3.05, 3.63) is 80.7 Å². The number of non-ortho nitro benzene ring substituents is 1. The molecule has 3 rings (SSSR count). The number of rotatable bonds is 4. The van der Waals surface area contributed by atoms with Gasteiger partial charge in [0.25, 0.3) is 5.69 Å². The number of hydrogen-bond donors (Lipinski definition) is 1. The maximum absolute atomic E-state index is 12.1. The number of benzene rings is 2. The molecule has 120 valence electrons. The molecule has 0 fully saturated rings. The number of hydrazone groups is 1. The third kappa shape index (κ3) is 3.14. The molecule has 0 aliphatic heterocycles. The van der Waals surface area contributed by atoms with Gasteiger partial charge in [0.2, 0.25) is 0 Å². The SMILES string of the molecule is C/C(=N\Nc1ccc([N+](=O)[O-])cc1)c1cc2ccccc2oc1=O. The van der Waals surface area contributed by atoms with Crippen molar-refractivity contribution in [1.82, 2.24) is 0 Å². The van der Waals surface area contributed by atoms with Gasteiger partial charge in [-0.2, -0.15) is 5.10 Å². The molecule has 0 atom stereocenters. The number of nitrogens with one attached hydrogen (secondary N) is 1. The second kappa shape index (κ2) is 6.33. The molecular weight excluding hydrogens is 310 g/mol. The van der Waals surface area contributed by atoms with Crippen LogP contribution >= 0.6 is 0 Å². The van der Waals surface area contributed by atoms with Crippen molar-refractivity contribution in [1.29, 1.82) is 0 Å². The van der Waals surface area contributed by atoms with E-state index in [1.807, 2.05) is 12.1 Å². The minimum Gasteiger partial charge on any atom is -0.422 e. The smallest absolute Gasteiger partial charge is 0.345 e. The van der Waals surface area contributed by atoms with E-state index in [2.05, 4.69) is 10.5 Å². The Morgan fingerprint density at radius 3 is 2.58 bits per heavy atom. The third-order valence-electron chi connectivity index (χ3n) is 3.46. The Morgan fingerprint density at radius 1 is 1.17 bits per heavy atom. The van der Waals surface area contributed by atoms with Crippen molar-refractivity contribution < 1.29 is 9.34 Å². The zero-order valence-corrected chi connectivity index (χ0v) is 12.7. The molecule has 3 aromatic rings. The van der Waals surface area contributed by atoms with E-state index in [0.717, 1.165) is 5.39 Å². The summed E-state index contributed by atoms with van der Waals surface area (Å²) in [5.74, 6) is 0. The normalized spacial score (nSPS) is 11.5. The third-order valence-corrected chi connectivity index (χ3v) is 3.46. The highest BCUT2D eigenvalue weighted by molar-refractivity contribution is 6.00. The average molecular weight is 323 g/mol. The number of hydrogen-bond acceptors (Lipinski definition) is 6. The summed E-state index contributed by atoms with van der Waals surface area (Å²) in [7, 11) is 0. The number of nitrogens with zero attached hydrogens (tertiary/aromatic N) is 2. The highest BCUT2D eigenvalue weighted by Crippen LogP contribution is 2.16. The molecule has 0 radical (unpaired) electrons. The molecule has 0 bridgehead atoms. The predicted octanol–water partition coefficient (Wildman–Crippen LogP) is 3.54. The Kier molecular flexibility index (Phi) is 4.07. The van der Waals surface area contributed by atoms with Gasteiger partial charge >= 0.3 is 5.63 Å². The van der Waals surface area contributed by atoms with Crippen LogP contribution in [-0.2, 0) is 0 Å². The molecule has 0 saturated heterocycles. The van der Waals surface area contributed by atoms with E-state index >= 15 is 0 Å². The minimum atomic E-state index is -0.474. The van der Waals surface area contributed by atoms with Crippen molar-refractivity contribution in [2.45, 2.75) is 6.92 Å². The highest BCUT2D eigenvalue weighted by Gasteiger charge is 2.08. The van der Waals surface area contributed by atoms with Crippen molar-refractivity contribution in [2.24, 2.45) is 5.10 Å². The number of nitro benzene ring substituents is 1. The molecule has 0 saturated carbocycles. The van der Waals surface area contributed by atoms with Crippen LogP contribution in [-0.4, -0.2) is 10.6 Å². The van der Waals surface area contributed by atoms with Crippen LogP contribution in [0.1, 0.15) is 12.5 Å². The quantitative estimate of drug-likeness (QED) is 0.343. The maximum atomic E-state index is 12.1. The van der Waals surface area contributed by atoms with Crippen molar-refractivity contribution >= 4 is 28.1 Å². The molecule has 1 heterocycles. The Balaban J connectivity index is 1.86. The first-order valence-corrected chi connectivity index (χ1v) is 7.12. The van der Waals surface area contributed by atoms with E-state index in [-0.39, 0.29) is 5.69 Å². The molecule has 7 heteroatoms. The van der Waals surface area contributed by atoms with E-state index in [0.29, 0.717) is 22.5 Å². The van der Waals surface area contributed by atoms with Gasteiger partial charge in [-0.1, -0.05) is 18.2 Å². The van der Waals surface area contributed by atoms with Crippen molar-refractivity contribution in [2.75, 3.05) is 5.43 Å². The number of nitro groups is 1. The van der Waals surface area contributed by atoms with Crippen LogP contribution in [0.3, 0.4) is 0 Å². The summed E-state index contributed by atoms with van der Waals surface area (Å²) >= 11 is 0. The van der Waals surface area contributed by atoms with Crippen LogP contribution in [0.5, 0.6) is 0 Å². The van der Waals surface area contributed by atoms with Gasteiger partial charge in [0.15, 0.2) is 0 Å². The predicted molar refractivity (Wildman–Crippen MR) is 91.4 cm³/mol. The summed E-state index contributed by atoms with van der Waals surface area (Å²) in [6, 6.07) is 14.8. The zero-order valence-electron chi connectivity index (χ0n) is 12.7. The minimum absolute atomic E-state index is 0.00331. The first-order valence-electron chi connectivity index (χ1n) is 7.12. The molecule has 1 N–H and O–H groups in total. The van der Waals surface area contributed by atoms with E-state index < -0.39 is 10.5 Å². The second-order valence-electron chi connectivity index (χ2n) is 5.10. The highest BCUT2D eigenvalue weighted by atomic mass is 16.6. The largest absolute Gasteiger partial charge is 0.422 e. The van der Waals surface area contributed by atoms with E-state index in [1.54, 1.807) is 25.1 Å². The molecule has 24 heavy (non-hydrogen) atoms. The molecule has 0 amide bonds. The molecule has 1 aromatic heterocycles. The lowest BCUT2D eigenvalue weighted by molar-refractivity contribution is -0.384. The molecule has 0 aliphatic carbocycles. The van der Waals surface area contributed by atoms with Crippen LogP contribution in [0.15, 0.2) is 68.9 Å². The van der Waals surface area contributed by atoms with E-state index in [9.17, 15) is 14.9 Å². The lowest BCUT2D eigenvalue weighted by Gasteiger charge is -2.04. The summed E-state index contributed by atoms with van der Waals surface area (Å²) in [6.45, 7) is 1.68. The van der Waals surface area contributed by atoms with Gasteiger partial charge in [-0.05, 0) is 31.2 Å². The van der Waals surface area contributed by atoms with Crippen LogP contribution in [0.25, 0.3) is 11.0 Å². The molecule has 0 aliphatic rings. The Hall–Kier alpha value is -3.48. The number of fused-ring (bicyclic) bond motifs is 1. The van der Waals surface area contributed by atoms with Gasteiger partial charge in [-0.25, -0.2) is 4.79 Å². The fourth-order valence-corrected chi connectivity index (χ4v) is 2.18. The van der Waals surface area contributed by atoms with Gasteiger partial charge in [-0.15, -0.1) is 0 Å². The summed E-state index contributed by atoms with van der Waals surface area (Å²) < 4.78 is 5.27. The van der Waals surface area contributed by atoms with E-state index in [4.69, 9.17) is 4.42 Å². The van der Waals surface area contributed by atoms with Crippen molar-refractivity contribution in [3.8, 4) is 0 Å². The zero-order chi connectivity index (χ0) is 17.1. The molecule has 0 unspecified atom stereocenters. The van der Waals surface area contributed by atoms with Crippen LogP contribution < -0.4 is 11.1 Å². The van der Waals surface area contributed by atoms with Gasteiger partial charge in [0.05, 0.1) is 21.9 Å². The Labute approximate surface area is 136 Å². The van der Waals surface area contributed by atoms with E-state index in [1.165, 1.54) is 24.3 Å². The number of anilines is 1. The topological polar surface area (TPSA) is 97.7 Å². The van der Waals surface area contributed by atoms with Crippen molar-refractivity contribution in [3.63, 3.8) is 0 Å². The standard InChI is InChI=1S/C17H13N3O4/c1-11(18-19-13-6-8-14(9-7-13)20(22)23)15-10-12-4-2-3-5-16(12)24-17(15)21/h2-10,19H,1H3/b18-11+. The molecule has 7 nitrogen and oxygen atoms in total. The first kappa shape index (κ1) is 15.4. The van der Waals surface area contributed by atoms with Gasteiger partial charge < -0.3 is 4.42 Å². The second-order valence-corrected chi connectivity index (χ2v) is 5.10. The Morgan fingerprint density at radius 2 is 1.88 bits per heavy atom. The van der Waals surface area contributed by atoms with Gasteiger partial charge in [-0.3, -0.25) is 15.5 Å². The fourth-order valence-electron chi connectivity index (χ4n) is 2.18. The Bertz CT molecular complexity index is 991. The summed E-state index contributed by atoms with van der Waals surface area (Å²) in [5, 5.41) is 15.6. The lowest BCUT2D eigenvalue weighted by atomic mass is 10.1. The maximum Gasteiger partial charge on any atom is 0.345 e. The van der Waals surface area contributed by atoms with Crippen LogP contribution in [0.4, 0.5) is 11.4 Å². The van der Waals surface area contributed by atoms with Gasteiger partial charge in [0, 0.05) is 17.5 Å². The fraction of sp³-hybridized carbons (Fsp3) is 0.0588. The summed E-state index contributed by atoms with van der Waals surface area (Å²) in [6.07, 6.45) is 0.